The molecule has 1 saturated carbocycles. The van der Waals surface area contributed by atoms with Crippen LogP contribution in [0.3, 0.4) is 0 Å². The quantitative estimate of drug-likeness (QED) is 0.543. The average molecular weight is 501 g/mol. The van der Waals surface area contributed by atoms with E-state index in [9.17, 15) is 19.6 Å². The standard InChI is InChI=1S/C26H24N6O5/c27-13-15-1-2-16-3-8-24(34)31(19(16)11-15)10-9-28-17-4-5-18-21(12-17)37-26(35)32(18)22-7-6-20-25(29-22)30-23(33)14-36-20/h1-3,6-8,11,17-18,21,28H,4-5,9-10,12,14H2,(H,29,30,33)/t17-,18-,21+/m0/s1. The van der Waals surface area contributed by atoms with Crippen LogP contribution in [0.2, 0.25) is 0 Å². The number of hydrogen-bond donors (Lipinski definition) is 2. The third-order valence-electron chi connectivity index (χ3n) is 7.13. The van der Waals surface area contributed by atoms with Gasteiger partial charge in [-0.25, -0.2) is 9.78 Å². The Morgan fingerprint density at radius 2 is 2.00 bits per heavy atom. The highest BCUT2D eigenvalue weighted by molar-refractivity contribution is 5.95. The summed E-state index contributed by atoms with van der Waals surface area (Å²) in [5.74, 6) is 0.892. The zero-order valence-electron chi connectivity index (χ0n) is 19.8. The second kappa shape index (κ2) is 9.22. The molecule has 0 bridgehead atoms. The van der Waals surface area contributed by atoms with Gasteiger partial charge >= 0.3 is 6.09 Å². The van der Waals surface area contributed by atoms with Crippen molar-refractivity contribution < 1.29 is 19.1 Å². The lowest BCUT2D eigenvalue weighted by atomic mass is 9.88. The van der Waals surface area contributed by atoms with Crippen LogP contribution >= 0.6 is 0 Å². The van der Waals surface area contributed by atoms with Gasteiger partial charge < -0.3 is 24.7 Å². The summed E-state index contributed by atoms with van der Waals surface area (Å²) in [5, 5.41) is 16.3. The van der Waals surface area contributed by atoms with Crippen LogP contribution in [0.5, 0.6) is 5.75 Å². The molecule has 3 aromatic rings. The predicted molar refractivity (Wildman–Crippen MR) is 133 cm³/mol. The molecular weight excluding hydrogens is 476 g/mol. The van der Waals surface area contributed by atoms with Gasteiger partial charge in [-0.15, -0.1) is 0 Å². The summed E-state index contributed by atoms with van der Waals surface area (Å²) in [6.45, 7) is 0.949. The minimum Gasteiger partial charge on any atom is -0.480 e. The second-order valence-electron chi connectivity index (χ2n) is 9.39. The number of aromatic nitrogens is 2. The number of nitrogens with zero attached hydrogens (tertiary/aromatic N) is 4. The van der Waals surface area contributed by atoms with Crippen molar-refractivity contribution in [3.63, 3.8) is 0 Å². The summed E-state index contributed by atoms with van der Waals surface area (Å²) in [6.07, 6.45) is 1.43. The Labute approximate surface area is 211 Å². The number of fused-ring (bicyclic) bond motifs is 3. The molecule has 1 saturated heterocycles. The molecule has 37 heavy (non-hydrogen) atoms. The number of rotatable bonds is 5. The molecule has 4 heterocycles. The molecule has 0 radical (unpaired) electrons. The van der Waals surface area contributed by atoms with Crippen LogP contribution in [0.4, 0.5) is 16.4 Å². The molecule has 2 N–H and O–H groups in total. The molecule has 3 atom stereocenters. The number of amides is 2. The SMILES string of the molecule is N#Cc1ccc2ccc(=O)n(CCN[C@H]3CC[C@H]4[C@@H](C3)OC(=O)N4c3ccc4c(n3)NC(=O)CO4)c2c1. The van der Waals surface area contributed by atoms with Gasteiger partial charge in [0.1, 0.15) is 11.9 Å². The molecule has 1 aromatic carbocycles. The molecule has 11 nitrogen and oxygen atoms in total. The maximum atomic E-state index is 12.8. The Bertz CT molecular complexity index is 1510. The first-order chi connectivity index (χ1) is 18.0. The van der Waals surface area contributed by atoms with Crippen LogP contribution in [0.1, 0.15) is 24.8 Å². The van der Waals surface area contributed by atoms with Gasteiger partial charge in [-0.1, -0.05) is 6.07 Å². The lowest BCUT2D eigenvalue weighted by molar-refractivity contribution is -0.118. The number of hydrogen-bond acceptors (Lipinski definition) is 8. The summed E-state index contributed by atoms with van der Waals surface area (Å²) >= 11 is 0. The van der Waals surface area contributed by atoms with Crippen molar-refractivity contribution in [3.05, 3.63) is 58.4 Å². The largest absolute Gasteiger partial charge is 0.480 e. The van der Waals surface area contributed by atoms with Gasteiger partial charge in [0.2, 0.25) is 0 Å². The highest BCUT2D eigenvalue weighted by Crippen LogP contribution is 2.37. The van der Waals surface area contributed by atoms with E-state index in [0.717, 1.165) is 23.7 Å². The second-order valence-corrected chi connectivity index (χ2v) is 9.39. The van der Waals surface area contributed by atoms with E-state index in [2.05, 4.69) is 21.7 Å². The molecular formula is C26H24N6O5. The van der Waals surface area contributed by atoms with Crippen LogP contribution < -0.4 is 25.8 Å². The van der Waals surface area contributed by atoms with Gasteiger partial charge in [0, 0.05) is 31.6 Å². The number of benzene rings is 1. The first-order valence-electron chi connectivity index (χ1n) is 12.2. The Morgan fingerprint density at radius 1 is 1.14 bits per heavy atom. The number of nitriles is 1. The van der Waals surface area contributed by atoms with E-state index >= 15 is 0 Å². The van der Waals surface area contributed by atoms with E-state index in [1.807, 2.05) is 6.07 Å². The van der Waals surface area contributed by atoms with Crippen LogP contribution in [-0.4, -0.2) is 52.9 Å². The highest BCUT2D eigenvalue weighted by Gasteiger charge is 2.46. The molecule has 3 aliphatic rings. The lowest BCUT2D eigenvalue weighted by Gasteiger charge is -2.33. The number of carbonyl (C=O) groups excluding carboxylic acids is 2. The molecule has 2 amide bonds. The van der Waals surface area contributed by atoms with Crippen LogP contribution in [-0.2, 0) is 16.1 Å². The molecule has 2 fully saturated rings. The maximum Gasteiger partial charge on any atom is 0.416 e. The fraction of sp³-hybridized carbons (Fsp3) is 0.346. The Balaban J connectivity index is 1.11. The zero-order chi connectivity index (χ0) is 25.5. The fourth-order valence-electron chi connectivity index (χ4n) is 5.36. The van der Waals surface area contributed by atoms with Crippen LogP contribution in [0.15, 0.2) is 47.3 Å². The van der Waals surface area contributed by atoms with Crippen molar-refractivity contribution >= 4 is 34.5 Å². The number of ether oxygens (including phenoxy) is 2. The molecule has 188 valence electrons. The Kier molecular flexibility index (Phi) is 5.73. The van der Waals surface area contributed by atoms with Gasteiger partial charge in [-0.3, -0.25) is 14.5 Å². The van der Waals surface area contributed by atoms with Gasteiger partial charge in [-0.2, -0.15) is 5.26 Å². The molecule has 11 heteroatoms. The summed E-state index contributed by atoms with van der Waals surface area (Å²) in [7, 11) is 0. The van der Waals surface area contributed by atoms with E-state index in [4.69, 9.17) is 9.47 Å². The van der Waals surface area contributed by atoms with Crippen LogP contribution in [0, 0.1) is 11.3 Å². The van der Waals surface area contributed by atoms with Crippen LogP contribution in [0.25, 0.3) is 10.9 Å². The van der Waals surface area contributed by atoms with E-state index in [0.29, 0.717) is 42.5 Å². The fourth-order valence-corrected chi connectivity index (χ4v) is 5.36. The normalized spacial score (nSPS) is 22.5. The number of carbonyl (C=O) groups is 2. The van der Waals surface area contributed by atoms with Gasteiger partial charge in [-0.05, 0) is 48.6 Å². The Morgan fingerprint density at radius 3 is 2.86 bits per heavy atom. The smallest absolute Gasteiger partial charge is 0.416 e. The first kappa shape index (κ1) is 23.0. The summed E-state index contributed by atoms with van der Waals surface area (Å²) in [6, 6.07) is 14.1. The summed E-state index contributed by atoms with van der Waals surface area (Å²) in [5.41, 5.74) is 1.12. The average Bonchev–Trinajstić information content (AvgIpc) is 3.24. The molecule has 1 aliphatic carbocycles. The number of nitrogens with one attached hydrogen (secondary N) is 2. The topological polar surface area (TPSA) is 139 Å². The first-order valence-corrected chi connectivity index (χ1v) is 12.2. The third-order valence-corrected chi connectivity index (χ3v) is 7.13. The lowest BCUT2D eigenvalue weighted by Crippen LogP contribution is -2.46. The van der Waals surface area contributed by atoms with Crippen molar-refractivity contribution in [2.45, 2.75) is 44.0 Å². The molecule has 2 aliphatic heterocycles. The van der Waals surface area contributed by atoms with Gasteiger partial charge in [0.05, 0.1) is 23.2 Å². The van der Waals surface area contributed by atoms with E-state index < -0.39 is 6.09 Å². The summed E-state index contributed by atoms with van der Waals surface area (Å²) in [4.78, 5) is 42.9. The monoisotopic (exact) mass is 500 g/mol. The van der Waals surface area contributed by atoms with E-state index in [1.165, 1.54) is 0 Å². The van der Waals surface area contributed by atoms with Crippen molar-refractivity contribution in [1.82, 2.24) is 14.9 Å². The molecule has 0 spiro atoms. The number of pyridine rings is 2. The maximum absolute atomic E-state index is 12.8. The minimum absolute atomic E-state index is 0.0606. The molecule has 0 unspecified atom stereocenters. The predicted octanol–water partition coefficient (Wildman–Crippen LogP) is 2.14. The molecule has 2 aromatic heterocycles. The van der Waals surface area contributed by atoms with Gasteiger partial charge in [0.15, 0.2) is 18.2 Å². The van der Waals surface area contributed by atoms with Gasteiger partial charge in [0.25, 0.3) is 11.5 Å². The zero-order valence-corrected chi connectivity index (χ0v) is 19.8. The van der Waals surface area contributed by atoms with Crippen molar-refractivity contribution in [1.29, 1.82) is 5.26 Å². The van der Waals surface area contributed by atoms with Crippen molar-refractivity contribution in [2.75, 3.05) is 23.4 Å². The van der Waals surface area contributed by atoms with Crippen molar-refractivity contribution in [3.8, 4) is 11.8 Å². The Hall–Kier alpha value is -4.43. The van der Waals surface area contributed by atoms with Crippen molar-refractivity contribution in [2.24, 2.45) is 0 Å². The summed E-state index contributed by atoms with van der Waals surface area (Å²) < 4.78 is 12.7. The van der Waals surface area contributed by atoms with E-state index in [-0.39, 0.29) is 36.3 Å². The minimum atomic E-state index is -0.457. The highest BCUT2D eigenvalue weighted by atomic mass is 16.6. The number of anilines is 2. The third kappa shape index (κ3) is 4.25. The van der Waals surface area contributed by atoms with E-state index in [1.54, 1.807) is 45.9 Å². The molecule has 6 rings (SSSR count).